The molecule has 1 heterocycles. The minimum absolute atomic E-state index is 0. The highest BCUT2D eigenvalue weighted by molar-refractivity contribution is 6.35. The minimum Gasteiger partial charge on any atom is -1.00 e. The fourth-order valence-electron chi connectivity index (χ4n) is 3.89. The molecule has 0 radical (unpaired) electrons. The number of halogens is 5. The molecule has 0 saturated carbocycles. The van der Waals surface area contributed by atoms with Crippen molar-refractivity contribution in [2.45, 2.75) is 39.6 Å². The summed E-state index contributed by atoms with van der Waals surface area (Å²) < 4.78 is 10.1. The van der Waals surface area contributed by atoms with E-state index in [-0.39, 0.29) is 31.5 Å². The number of imidazole rings is 1. The van der Waals surface area contributed by atoms with Crippen LogP contribution in [0.4, 0.5) is 5.69 Å². The molecule has 0 aliphatic rings. The van der Waals surface area contributed by atoms with E-state index in [1.165, 1.54) is 0 Å². The Labute approximate surface area is 248 Å². The summed E-state index contributed by atoms with van der Waals surface area (Å²) in [6.07, 6.45) is 5.19. The zero-order chi connectivity index (χ0) is 26.5. The molecule has 0 aliphatic carbocycles. The second kappa shape index (κ2) is 13.7. The average molecular weight is 614 g/mol. The van der Waals surface area contributed by atoms with Gasteiger partial charge in [0.05, 0.1) is 6.61 Å². The number of anilines is 1. The second-order valence-electron chi connectivity index (χ2n) is 8.85. The van der Waals surface area contributed by atoms with Gasteiger partial charge in [-0.1, -0.05) is 70.7 Å². The first-order valence-corrected chi connectivity index (χ1v) is 13.1. The first-order chi connectivity index (χ1) is 17.7. The molecular formula is C28H26Cl5N3O2. The minimum atomic E-state index is -0.402. The van der Waals surface area contributed by atoms with Gasteiger partial charge in [0.1, 0.15) is 25.0 Å². The van der Waals surface area contributed by atoms with Crippen molar-refractivity contribution in [1.82, 2.24) is 4.57 Å². The number of hydrogen-bond acceptors (Lipinski definition) is 2. The van der Waals surface area contributed by atoms with Gasteiger partial charge < -0.3 is 22.5 Å². The summed E-state index contributed by atoms with van der Waals surface area (Å²) in [4.78, 5) is 12.7. The lowest BCUT2D eigenvalue weighted by molar-refractivity contribution is -0.704. The molecule has 0 spiro atoms. The Morgan fingerprint density at radius 3 is 2.39 bits per heavy atom. The van der Waals surface area contributed by atoms with Crippen molar-refractivity contribution in [2.24, 2.45) is 0 Å². The van der Waals surface area contributed by atoms with Crippen LogP contribution in [0.2, 0.25) is 20.1 Å². The van der Waals surface area contributed by atoms with Gasteiger partial charge in [-0.05, 0) is 60.9 Å². The van der Waals surface area contributed by atoms with Crippen molar-refractivity contribution in [1.29, 1.82) is 0 Å². The molecule has 0 bridgehead atoms. The van der Waals surface area contributed by atoms with Crippen molar-refractivity contribution in [2.75, 3.05) is 5.32 Å². The van der Waals surface area contributed by atoms with E-state index in [1.807, 2.05) is 72.0 Å². The van der Waals surface area contributed by atoms with Crippen LogP contribution >= 0.6 is 46.4 Å². The molecule has 0 saturated heterocycles. The molecule has 0 aliphatic heterocycles. The molecule has 0 fully saturated rings. The molecule has 3 aromatic carbocycles. The Morgan fingerprint density at radius 1 is 0.974 bits per heavy atom. The van der Waals surface area contributed by atoms with E-state index >= 15 is 0 Å². The van der Waals surface area contributed by atoms with Gasteiger partial charge in [-0.3, -0.25) is 4.79 Å². The van der Waals surface area contributed by atoms with Crippen LogP contribution < -0.4 is 22.3 Å². The smallest absolute Gasteiger partial charge is 0.266 e. The van der Waals surface area contributed by atoms with Crippen LogP contribution in [-0.2, 0) is 29.2 Å². The summed E-state index contributed by atoms with van der Waals surface area (Å²) in [5.41, 5.74) is 4.53. The van der Waals surface area contributed by atoms with Gasteiger partial charge in [-0.25, -0.2) is 9.13 Å². The molecule has 38 heavy (non-hydrogen) atoms. The molecule has 1 aromatic heterocycles. The normalized spacial score (nSPS) is 11.6. The lowest BCUT2D eigenvalue weighted by atomic mass is 10.1. The zero-order valence-corrected chi connectivity index (χ0v) is 24.5. The number of carbonyl (C=O) groups is 1. The van der Waals surface area contributed by atoms with Crippen molar-refractivity contribution in [3.05, 3.63) is 116 Å². The van der Waals surface area contributed by atoms with E-state index in [0.717, 1.165) is 27.9 Å². The number of amides is 1. The Hall–Kier alpha value is -2.25. The zero-order valence-electron chi connectivity index (χ0n) is 20.7. The lowest BCUT2D eigenvalue weighted by Crippen LogP contribution is -3.00. The average Bonchev–Trinajstić information content (AvgIpc) is 3.26. The number of ether oxygens (including phenoxy) is 1. The number of aromatic nitrogens is 2. The van der Waals surface area contributed by atoms with Gasteiger partial charge in [0.15, 0.2) is 6.54 Å². The quantitative estimate of drug-likeness (QED) is 0.281. The van der Waals surface area contributed by atoms with Gasteiger partial charge in [0.25, 0.3) is 5.91 Å². The molecule has 1 atom stereocenters. The van der Waals surface area contributed by atoms with Gasteiger partial charge in [0, 0.05) is 31.3 Å². The summed E-state index contributed by atoms with van der Waals surface area (Å²) >= 11 is 25.0. The molecular weight excluding hydrogens is 588 g/mol. The van der Waals surface area contributed by atoms with E-state index in [0.29, 0.717) is 26.6 Å². The highest BCUT2D eigenvalue weighted by Crippen LogP contribution is 2.31. The van der Waals surface area contributed by atoms with Crippen molar-refractivity contribution in [3.63, 3.8) is 0 Å². The summed E-state index contributed by atoms with van der Waals surface area (Å²) in [6.45, 7) is 4.86. The molecule has 1 amide bonds. The first-order valence-electron chi connectivity index (χ1n) is 11.6. The van der Waals surface area contributed by atoms with Crippen molar-refractivity contribution >= 4 is 58.0 Å². The van der Waals surface area contributed by atoms with Crippen LogP contribution in [0.1, 0.15) is 28.4 Å². The molecule has 4 rings (SSSR count). The molecule has 5 nitrogen and oxygen atoms in total. The van der Waals surface area contributed by atoms with E-state index < -0.39 is 6.10 Å². The van der Waals surface area contributed by atoms with E-state index in [4.69, 9.17) is 51.1 Å². The van der Waals surface area contributed by atoms with E-state index in [1.54, 1.807) is 24.3 Å². The number of carbonyl (C=O) groups excluding carboxylic acids is 1. The largest absolute Gasteiger partial charge is 1.00 e. The number of benzene rings is 3. The monoisotopic (exact) mass is 611 g/mol. The van der Waals surface area contributed by atoms with Crippen LogP contribution in [-0.4, -0.2) is 10.5 Å². The predicted octanol–water partition coefficient (Wildman–Crippen LogP) is 4.61. The Kier molecular flexibility index (Phi) is 10.9. The number of aryl methyl sites for hydroxylation is 2. The standard InChI is InChI=1S/C28H25Cl4N3O2.ClH/c1-18-3-4-19(2)26(11-18)33-28(36)15-35-10-9-34(17-35)14-27(23-8-7-22(30)13-25(23)32)37-16-20-5-6-21(29)12-24(20)31;/h3-13,17,27H,14-16H2,1-2H3;1H. The highest BCUT2D eigenvalue weighted by atomic mass is 35.5. The van der Waals surface area contributed by atoms with Crippen LogP contribution in [0.25, 0.3) is 0 Å². The predicted molar refractivity (Wildman–Crippen MR) is 150 cm³/mol. The Balaban J connectivity index is 0.00000400. The molecule has 1 unspecified atom stereocenters. The van der Waals surface area contributed by atoms with Crippen LogP contribution in [0.5, 0.6) is 0 Å². The van der Waals surface area contributed by atoms with E-state index in [9.17, 15) is 4.79 Å². The third-order valence-corrected chi connectivity index (χ3v) is 7.03. The van der Waals surface area contributed by atoms with E-state index in [2.05, 4.69) is 5.32 Å². The lowest BCUT2D eigenvalue weighted by Gasteiger charge is -2.19. The maximum absolute atomic E-state index is 12.7. The second-order valence-corrected chi connectivity index (χ2v) is 10.5. The van der Waals surface area contributed by atoms with Crippen LogP contribution in [0.3, 0.4) is 0 Å². The van der Waals surface area contributed by atoms with Gasteiger partial charge in [-0.15, -0.1) is 0 Å². The number of nitrogens with zero attached hydrogens (tertiary/aromatic N) is 2. The Morgan fingerprint density at radius 2 is 1.68 bits per heavy atom. The highest BCUT2D eigenvalue weighted by Gasteiger charge is 2.21. The fourth-order valence-corrected chi connectivity index (χ4v) is 4.88. The Bertz CT molecular complexity index is 1420. The van der Waals surface area contributed by atoms with Gasteiger partial charge >= 0.3 is 0 Å². The molecule has 4 aromatic rings. The summed E-state index contributed by atoms with van der Waals surface area (Å²) in [7, 11) is 0. The fraction of sp³-hybridized carbons (Fsp3) is 0.214. The number of rotatable bonds is 9. The maximum Gasteiger partial charge on any atom is 0.266 e. The number of nitrogens with one attached hydrogen (secondary N) is 1. The van der Waals surface area contributed by atoms with Gasteiger partial charge in [-0.2, -0.15) is 0 Å². The number of hydrogen-bond donors (Lipinski definition) is 1. The molecule has 10 heteroatoms. The van der Waals surface area contributed by atoms with Crippen LogP contribution in [0, 0.1) is 13.8 Å². The maximum atomic E-state index is 12.7. The summed E-state index contributed by atoms with van der Waals surface area (Å²) in [5, 5.41) is 5.13. The molecule has 200 valence electrons. The molecule has 1 N–H and O–H groups in total. The third-order valence-electron chi connectivity index (χ3n) is 5.88. The van der Waals surface area contributed by atoms with Crippen LogP contribution in [0.15, 0.2) is 73.3 Å². The summed E-state index contributed by atoms with van der Waals surface area (Å²) in [5.74, 6) is -0.109. The summed E-state index contributed by atoms with van der Waals surface area (Å²) in [6, 6.07) is 16.6. The SMILES string of the molecule is Cc1ccc(C)c(NC(=O)Cn2cc[n+](CC(OCc3ccc(Cl)cc3Cl)c3ccc(Cl)cc3Cl)c2)c1.[Cl-]. The first kappa shape index (κ1) is 30.3. The van der Waals surface area contributed by atoms with Gasteiger partial charge in [0.2, 0.25) is 6.33 Å². The topological polar surface area (TPSA) is 47.1 Å². The van der Waals surface area contributed by atoms with Crippen molar-refractivity contribution in [3.8, 4) is 0 Å². The van der Waals surface area contributed by atoms with Crippen molar-refractivity contribution < 1.29 is 26.5 Å². The third kappa shape index (κ3) is 8.12.